The van der Waals surface area contributed by atoms with E-state index in [9.17, 15) is 13.6 Å². The number of hydrogen-bond donors (Lipinski definition) is 0. The lowest BCUT2D eigenvalue weighted by atomic mass is 9.86. The van der Waals surface area contributed by atoms with E-state index in [1.165, 1.54) is 40.5 Å². The van der Waals surface area contributed by atoms with Gasteiger partial charge in [0.1, 0.15) is 17.7 Å². The van der Waals surface area contributed by atoms with Crippen LogP contribution in [0, 0.1) is 21.1 Å². The van der Waals surface area contributed by atoms with Crippen LogP contribution >= 0.6 is 22.6 Å². The Morgan fingerprint density at radius 2 is 1.55 bits per heavy atom. The van der Waals surface area contributed by atoms with E-state index >= 15 is 0 Å². The fourth-order valence-electron chi connectivity index (χ4n) is 6.12. The molecule has 4 nitrogen and oxygen atoms in total. The quantitative estimate of drug-likeness (QED) is 0.195. The van der Waals surface area contributed by atoms with Gasteiger partial charge in [-0.05, 0) is 114 Å². The molecule has 38 heavy (non-hydrogen) atoms. The number of aryl methyl sites for hydroxylation is 1. The SMILES string of the molecule is COC(=O)[C@H]1[C@@H](OC(c2ccc(F)cc2)c2ccc(F)cc2)C[C@H]2CC[C@@H]1N2CCCc1ccc(I)cc1. The van der Waals surface area contributed by atoms with Crippen molar-refractivity contribution in [2.45, 2.75) is 56.4 Å². The molecule has 3 aromatic rings. The number of ether oxygens (including phenoxy) is 2. The number of nitrogens with zero attached hydrogens (tertiary/aromatic N) is 1. The van der Waals surface area contributed by atoms with Gasteiger partial charge in [-0.15, -0.1) is 0 Å². The van der Waals surface area contributed by atoms with Crippen molar-refractivity contribution in [3.8, 4) is 0 Å². The summed E-state index contributed by atoms with van der Waals surface area (Å²) in [6.07, 6.45) is 3.73. The van der Waals surface area contributed by atoms with Gasteiger partial charge in [0.05, 0.1) is 19.1 Å². The van der Waals surface area contributed by atoms with E-state index in [-0.39, 0.29) is 29.7 Å². The molecule has 0 aromatic heterocycles. The topological polar surface area (TPSA) is 38.8 Å². The molecule has 2 aliphatic heterocycles. The number of piperidine rings is 1. The Balaban J connectivity index is 1.35. The third-order valence-corrected chi connectivity index (χ3v) is 8.65. The van der Waals surface area contributed by atoms with Gasteiger partial charge in [0.25, 0.3) is 0 Å². The zero-order valence-electron chi connectivity index (χ0n) is 21.4. The minimum absolute atomic E-state index is 0.0463. The van der Waals surface area contributed by atoms with Gasteiger partial charge in [0, 0.05) is 15.7 Å². The summed E-state index contributed by atoms with van der Waals surface area (Å²) in [5.74, 6) is -1.37. The average Bonchev–Trinajstić information content (AvgIpc) is 3.20. The Morgan fingerprint density at radius 1 is 0.947 bits per heavy atom. The second-order valence-corrected chi connectivity index (χ2v) is 11.5. The molecule has 0 saturated carbocycles. The van der Waals surface area contributed by atoms with E-state index in [1.54, 1.807) is 24.3 Å². The second-order valence-electron chi connectivity index (χ2n) is 10.2. The van der Waals surface area contributed by atoms with Gasteiger partial charge in [-0.2, -0.15) is 0 Å². The first-order valence-corrected chi connectivity index (χ1v) is 14.2. The van der Waals surface area contributed by atoms with Gasteiger partial charge < -0.3 is 9.47 Å². The van der Waals surface area contributed by atoms with E-state index < -0.39 is 12.0 Å². The molecular formula is C31H32F2INO3. The first-order chi connectivity index (χ1) is 18.4. The normalized spacial score (nSPS) is 23.1. The number of rotatable bonds is 9. The van der Waals surface area contributed by atoms with Crippen molar-refractivity contribution in [2.75, 3.05) is 13.7 Å². The highest BCUT2D eigenvalue weighted by molar-refractivity contribution is 14.1. The molecule has 2 fully saturated rings. The molecule has 0 aliphatic carbocycles. The van der Waals surface area contributed by atoms with Crippen molar-refractivity contribution in [3.63, 3.8) is 0 Å². The number of halogens is 3. The molecule has 0 unspecified atom stereocenters. The zero-order chi connectivity index (χ0) is 26.6. The molecule has 2 bridgehead atoms. The van der Waals surface area contributed by atoms with Crippen LogP contribution in [0.15, 0.2) is 72.8 Å². The zero-order valence-corrected chi connectivity index (χ0v) is 23.5. The Kier molecular flexibility index (Phi) is 8.75. The highest BCUT2D eigenvalue weighted by Gasteiger charge is 2.51. The highest BCUT2D eigenvalue weighted by atomic mass is 127. The molecule has 3 aromatic carbocycles. The first kappa shape index (κ1) is 27.2. The molecule has 0 amide bonds. The van der Waals surface area contributed by atoms with Crippen LogP contribution in [0.3, 0.4) is 0 Å². The van der Waals surface area contributed by atoms with E-state index in [4.69, 9.17) is 9.47 Å². The Labute approximate surface area is 236 Å². The Morgan fingerprint density at radius 3 is 2.13 bits per heavy atom. The fraction of sp³-hybridized carbons (Fsp3) is 0.387. The molecule has 7 heteroatoms. The smallest absolute Gasteiger partial charge is 0.312 e. The molecule has 0 spiro atoms. The van der Waals surface area contributed by atoms with E-state index in [1.807, 2.05) is 0 Å². The van der Waals surface area contributed by atoms with Gasteiger partial charge in [-0.3, -0.25) is 9.69 Å². The van der Waals surface area contributed by atoms with Gasteiger partial charge in [0.2, 0.25) is 0 Å². The maximum atomic E-state index is 13.7. The van der Waals surface area contributed by atoms with Gasteiger partial charge in [-0.1, -0.05) is 36.4 Å². The number of hydrogen-bond acceptors (Lipinski definition) is 4. The summed E-state index contributed by atoms with van der Waals surface area (Å²) in [6, 6.07) is 21.3. The van der Waals surface area contributed by atoms with Crippen LogP contribution in [0.5, 0.6) is 0 Å². The number of carbonyl (C=O) groups excluding carboxylic acids is 1. The van der Waals surface area contributed by atoms with Gasteiger partial charge in [0.15, 0.2) is 0 Å². The highest BCUT2D eigenvalue weighted by Crippen LogP contribution is 2.43. The number of methoxy groups -OCH3 is 1. The predicted octanol–water partition coefficient (Wildman–Crippen LogP) is 6.70. The average molecular weight is 632 g/mol. The summed E-state index contributed by atoms with van der Waals surface area (Å²) >= 11 is 2.32. The molecule has 2 saturated heterocycles. The Bertz CT molecular complexity index is 1170. The van der Waals surface area contributed by atoms with Crippen LogP contribution in [-0.2, 0) is 20.7 Å². The summed E-state index contributed by atoms with van der Waals surface area (Å²) in [6.45, 7) is 0.918. The number of benzene rings is 3. The van der Waals surface area contributed by atoms with Crippen molar-refractivity contribution in [1.29, 1.82) is 0 Å². The lowest BCUT2D eigenvalue weighted by Crippen LogP contribution is -2.55. The van der Waals surface area contributed by atoms with Crippen LogP contribution in [0.2, 0.25) is 0 Å². The van der Waals surface area contributed by atoms with Gasteiger partial charge in [-0.25, -0.2) is 8.78 Å². The Hall–Kier alpha value is -2.36. The fourth-order valence-corrected chi connectivity index (χ4v) is 6.48. The van der Waals surface area contributed by atoms with Crippen molar-refractivity contribution >= 4 is 28.6 Å². The summed E-state index contributed by atoms with van der Waals surface area (Å²) in [7, 11) is 1.43. The number of fused-ring (bicyclic) bond motifs is 2. The van der Waals surface area contributed by atoms with Crippen molar-refractivity contribution < 1.29 is 23.0 Å². The molecule has 0 N–H and O–H groups in total. The molecular weight excluding hydrogens is 599 g/mol. The lowest BCUT2D eigenvalue weighted by Gasteiger charge is -2.44. The summed E-state index contributed by atoms with van der Waals surface area (Å²) in [4.78, 5) is 15.6. The molecule has 5 rings (SSSR count). The van der Waals surface area contributed by atoms with Crippen LogP contribution in [0.25, 0.3) is 0 Å². The lowest BCUT2D eigenvalue weighted by molar-refractivity contribution is -0.163. The minimum atomic E-state index is -0.555. The number of esters is 1. The largest absolute Gasteiger partial charge is 0.469 e. The maximum Gasteiger partial charge on any atom is 0.312 e. The standard InChI is InChI=1S/C31H32F2INO3/c1-37-31(36)29-27-17-16-26(35(27)18-2-3-20-4-14-25(34)15-5-20)19-28(29)38-30(21-6-10-23(32)11-7-21)22-8-12-24(33)13-9-22/h4-15,26-30H,2-3,16-19H2,1H3/t26-,27+,28+,29-/m1/s1. The van der Waals surface area contributed by atoms with Crippen molar-refractivity contribution in [1.82, 2.24) is 4.90 Å². The van der Waals surface area contributed by atoms with Crippen LogP contribution in [0.1, 0.15) is 48.5 Å². The number of carbonyl (C=O) groups is 1. The predicted molar refractivity (Wildman–Crippen MR) is 151 cm³/mol. The molecule has 2 aliphatic rings. The summed E-state index contributed by atoms with van der Waals surface area (Å²) in [5, 5.41) is 0. The van der Waals surface area contributed by atoms with Crippen LogP contribution in [0.4, 0.5) is 8.78 Å². The molecule has 4 atom stereocenters. The van der Waals surface area contributed by atoms with E-state index in [0.29, 0.717) is 12.5 Å². The van der Waals surface area contributed by atoms with E-state index in [2.05, 4.69) is 51.8 Å². The minimum Gasteiger partial charge on any atom is -0.469 e. The van der Waals surface area contributed by atoms with Crippen molar-refractivity contribution in [2.24, 2.45) is 5.92 Å². The molecule has 2 heterocycles. The summed E-state index contributed by atoms with van der Waals surface area (Å²) < 4.78 is 40.6. The van der Waals surface area contributed by atoms with Gasteiger partial charge >= 0.3 is 5.97 Å². The second kappa shape index (κ2) is 12.2. The monoisotopic (exact) mass is 631 g/mol. The molecule has 0 radical (unpaired) electrons. The van der Waals surface area contributed by atoms with Crippen LogP contribution < -0.4 is 0 Å². The molecule has 200 valence electrons. The van der Waals surface area contributed by atoms with E-state index in [0.717, 1.165) is 43.4 Å². The third kappa shape index (κ3) is 6.10. The summed E-state index contributed by atoms with van der Waals surface area (Å²) in [5.41, 5.74) is 2.84. The maximum absolute atomic E-state index is 13.7. The third-order valence-electron chi connectivity index (χ3n) is 7.93. The van der Waals surface area contributed by atoms with Crippen LogP contribution in [-0.4, -0.2) is 42.7 Å². The van der Waals surface area contributed by atoms with Crippen molar-refractivity contribution in [3.05, 3.63) is 105 Å². The first-order valence-electron chi connectivity index (χ1n) is 13.2.